The smallest absolute Gasteiger partial charge is 0.298 e. The lowest BCUT2D eigenvalue weighted by Gasteiger charge is -2.20. The van der Waals surface area contributed by atoms with Crippen molar-refractivity contribution in [1.29, 1.82) is 0 Å². The molecule has 8 rings (SSSR count). The molecule has 2 aromatic carbocycles. The second kappa shape index (κ2) is 28.7. The molecule has 0 radical (unpaired) electrons. The van der Waals surface area contributed by atoms with Gasteiger partial charge >= 0.3 is 0 Å². The average molecular weight is 1200 g/mol. The summed E-state index contributed by atoms with van der Waals surface area (Å²) in [4.78, 5) is 21.5. The zero-order chi connectivity index (χ0) is 59.4. The fraction of sp³-hybridized carbons (Fsp3) is 0.536. The van der Waals surface area contributed by atoms with Gasteiger partial charge in [-0.15, -0.1) is 5.10 Å². The Kier molecular flexibility index (Phi) is 22.9. The Bertz CT molecular complexity index is 3230. The number of nitrogens with zero attached hydrogens (tertiary/aromatic N) is 10. The van der Waals surface area contributed by atoms with Crippen LogP contribution in [0.1, 0.15) is 89.2 Å². The molecule has 1 atom stereocenters. The summed E-state index contributed by atoms with van der Waals surface area (Å²) < 4.78 is 98.9. The number of ether oxygens (including phenoxy) is 3. The molecule has 2 aliphatic heterocycles. The summed E-state index contributed by atoms with van der Waals surface area (Å²) in [5.74, 6) is 1.66. The van der Waals surface area contributed by atoms with Gasteiger partial charge in [0.1, 0.15) is 24.2 Å². The molecule has 1 aliphatic carbocycles. The molecular weight excluding hydrogens is 1120 g/mol. The third-order valence-electron chi connectivity index (χ3n) is 13.8. The summed E-state index contributed by atoms with van der Waals surface area (Å²) in [5, 5.41) is 10.8. The first-order valence-corrected chi connectivity index (χ1v) is 34.7. The van der Waals surface area contributed by atoms with E-state index in [4.69, 9.17) is 29.9 Å². The third-order valence-corrected chi connectivity index (χ3v) is 18.4. The summed E-state index contributed by atoms with van der Waals surface area (Å²) in [6.07, 6.45) is 9.90. The van der Waals surface area contributed by atoms with Crippen molar-refractivity contribution in [3.63, 3.8) is 0 Å². The molecule has 81 heavy (non-hydrogen) atoms. The van der Waals surface area contributed by atoms with Gasteiger partial charge in [0.2, 0.25) is 17.7 Å². The van der Waals surface area contributed by atoms with Gasteiger partial charge in [-0.2, -0.15) is 14.4 Å². The molecule has 1 saturated heterocycles. The van der Waals surface area contributed by atoms with Crippen molar-refractivity contribution in [2.75, 3.05) is 80.5 Å². The van der Waals surface area contributed by atoms with Crippen LogP contribution in [0, 0.1) is 23.5 Å². The first-order chi connectivity index (χ1) is 38.1. The van der Waals surface area contributed by atoms with Crippen molar-refractivity contribution < 1.29 is 39.8 Å². The minimum absolute atomic E-state index is 0.0220. The van der Waals surface area contributed by atoms with E-state index in [1.54, 1.807) is 36.7 Å². The van der Waals surface area contributed by atoms with Crippen LogP contribution in [0.2, 0.25) is 25.7 Å². The van der Waals surface area contributed by atoms with Crippen molar-refractivity contribution >= 4 is 66.0 Å². The average Bonchev–Trinajstić information content (AvgIpc) is 4.28. The summed E-state index contributed by atoms with van der Waals surface area (Å²) in [7, 11) is 7.62. The molecule has 2 N–H and O–H groups in total. The maximum absolute atomic E-state index is 14.7. The number of hydrogen-bond acceptors (Lipinski definition) is 16. The molecule has 0 bridgehead atoms. The van der Waals surface area contributed by atoms with Crippen molar-refractivity contribution in [3.8, 4) is 34.0 Å². The van der Waals surface area contributed by atoms with E-state index in [0.29, 0.717) is 88.0 Å². The minimum Gasteiger partial charge on any atom is -0.481 e. The number of pyridine rings is 2. The molecule has 5 heterocycles. The topological polar surface area (TPSA) is 211 Å². The summed E-state index contributed by atoms with van der Waals surface area (Å²) >= 11 is 0. The molecule has 19 nitrogen and oxygen atoms in total. The van der Waals surface area contributed by atoms with E-state index in [0.717, 1.165) is 24.9 Å². The number of hydrazone groups is 1. The van der Waals surface area contributed by atoms with Gasteiger partial charge < -0.3 is 29.3 Å². The van der Waals surface area contributed by atoms with Crippen molar-refractivity contribution in [2.45, 2.75) is 116 Å². The van der Waals surface area contributed by atoms with E-state index in [9.17, 15) is 25.6 Å². The largest absolute Gasteiger partial charge is 0.481 e. The Morgan fingerprint density at radius 3 is 1.94 bits per heavy atom. The Balaban J connectivity index is 0.000000226. The lowest BCUT2D eigenvalue weighted by atomic mass is 9.94. The van der Waals surface area contributed by atoms with Crippen LogP contribution in [-0.2, 0) is 30.5 Å². The quantitative estimate of drug-likeness (QED) is 0.0422. The zero-order valence-corrected chi connectivity index (χ0v) is 52.4. The molecule has 1 unspecified atom stereocenters. The maximum Gasteiger partial charge on any atom is 0.298 e. The van der Waals surface area contributed by atoms with Crippen molar-refractivity contribution in [1.82, 2.24) is 44.3 Å². The van der Waals surface area contributed by atoms with E-state index in [-0.39, 0.29) is 41.8 Å². The summed E-state index contributed by atoms with van der Waals surface area (Å²) in [6, 6.07) is 13.5. The molecule has 25 heteroatoms. The molecule has 3 aliphatic rings. The first kappa shape index (κ1) is 64.7. The fourth-order valence-electron chi connectivity index (χ4n) is 9.72. The van der Waals surface area contributed by atoms with Crippen LogP contribution in [-0.4, -0.2) is 150 Å². The van der Waals surface area contributed by atoms with E-state index in [2.05, 4.69) is 79.4 Å². The normalized spacial score (nSPS) is 16.7. The molecular formula is C56H81ClF2N12O7S2Si. The molecule has 0 amide bonds. The molecule has 444 valence electrons. The van der Waals surface area contributed by atoms with Crippen LogP contribution >= 0.6 is 10.7 Å². The van der Waals surface area contributed by atoms with Gasteiger partial charge in [-0.05, 0) is 136 Å². The monoisotopic (exact) mass is 1200 g/mol. The number of aliphatic imine (C=N–C) groups is 1. The van der Waals surface area contributed by atoms with Gasteiger partial charge in [0, 0.05) is 87.2 Å². The number of sulfonamides is 1. The Morgan fingerprint density at radius 1 is 0.815 bits per heavy atom. The highest BCUT2D eigenvalue weighted by atomic mass is 35.7. The number of benzene rings is 2. The Labute approximate surface area is 483 Å². The van der Waals surface area contributed by atoms with Gasteiger partial charge in [-0.25, -0.2) is 45.3 Å². The van der Waals surface area contributed by atoms with Crippen molar-refractivity contribution in [3.05, 3.63) is 83.7 Å². The lowest BCUT2D eigenvalue weighted by Crippen LogP contribution is -2.35. The summed E-state index contributed by atoms with van der Waals surface area (Å²) in [5.41, 5.74) is 7.68. The van der Waals surface area contributed by atoms with E-state index in [1.165, 1.54) is 79.7 Å². The van der Waals surface area contributed by atoms with Crippen LogP contribution in [0.3, 0.4) is 0 Å². The fourth-order valence-corrected chi connectivity index (χ4v) is 12.6. The van der Waals surface area contributed by atoms with Crippen LogP contribution in [0.4, 0.5) is 26.1 Å². The Hall–Kier alpha value is -5.47. The first-order valence-electron chi connectivity index (χ1n) is 27.3. The van der Waals surface area contributed by atoms with Crippen LogP contribution < -0.4 is 20.2 Å². The summed E-state index contributed by atoms with van der Waals surface area (Å²) in [6.45, 7) is 18.0. The highest BCUT2D eigenvalue weighted by Gasteiger charge is 2.37. The van der Waals surface area contributed by atoms with E-state index < -0.39 is 38.1 Å². The predicted molar refractivity (Wildman–Crippen MR) is 321 cm³/mol. The number of rotatable bonds is 20. The molecule has 0 spiro atoms. The standard InChI is InChI=1S/C25H33FN6O3S.C23H31ClFN5O4SSi.C8H17N/c1-16(2)20-11-19(26)12-21(18-6-8-27-23(10-18)35-5)25(20)28-22-13-24(30-29-22)36(33,34)32-9-7-17(15-32)14-31(3)4;1-15(2)18-12-17(25)13-19(16-7-8-26-20(11-16)33-3)21(18)27-22-28-23(35(24,31)32)29-30(22)14-34-9-10-36(4,5)6;1-9(2)7-8-5-3-4-6-8/h6,8,10-12,16-17H,7,9,13-15H2,1-5H3,(H,28,29);7-8,11-13,15H,9-10,14H2,1-6H3,(H,27,28,29);8H,3-7H2,1-2H3. The van der Waals surface area contributed by atoms with Gasteiger partial charge in [0.25, 0.3) is 24.2 Å². The third kappa shape index (κ3) is 18.5. The lowest BCUT2D eigenvalue weighted by molar-refractivity contribution is 0.0792. The molecule has 3 aromatic heterocycles. The van der Waals surface area contributed by atoms with Crippen LogP contribution in [0.25, 0.3) is 22.3 Å². The second-order valence-corrected chi connectivity index (χ2v) is 33.0. The van der Waals surface area contributed by atoms with Gasteiger partial charge in [-0.3, -0.25) is 5.43 Å². The number of hydrogen-bond donors (Lipinski definition) is 2. The van der Waals surface area contributed by atoms with Crippen molar-refractivity contribution in [2.24, 2.45) is 21.9 Å². The van der Waals surface area contributed by atoms with Gasteiger partial charge in [0.05, 0.1) is 32.0 Å². The zero-order valence-electron chi connectivity index (χ0n) is 49.1. The SMILES string of the molecule is CN(C)CC1CCCC1.COc1cc(-c2cc(F)cc(C(C)C)c2N=C2CC(S(=O)(=O)N3CCC(CN(C)C)C3)=NN2)ccn1.COc1cc(-c2cc(F)cc(C(C)C)c2Nc2nc(S(=O)(=O)Cl)nn2COCC[Si](C)(C)C)ccn1. The maximum atomic E-state index is 14.7. The predicted octanol–water partition coefficient (Wildman–Crippen LogP) is 10.9. The number of halogens is 3. The number of amidine groups is 1. The number of aromatic nitrogens is 5. The van der Waals surface area contributed by atoms with E-state index in [1.807, 2.05) is 41.8 Å². The van der Waals surface area contributed by atoms with Crippen LogP contribution in [0.15, 0.2) is 76.2 Å². The molecule has 5 aromatic rings. The number of anilines is 2. The highest BCUT2D eigenvalue weighted by molar-refractivity contribution is 8.13. The van der Waals surface area contributed by atoms with Gasteiger partial charge in [0.15, 0.2) is 5.04 Å². The number of methoxy groups -OCH3 is 2. The van der Waals surface area contributed by atoms with Crippen LogP contribution in [0.5, 0.6) is 11.8 Å². The van der Waals surface area contributed by atoms with Gasteiger partial charge in [-0.1, -0.05) is 60.2 Å². The molecule has 2 fully saturated rings. The number of nitrogens with one attached hydrogen (secondary N) is 2. The Morgan fingerprint density at radius 2 is 1.38 bits per heavy atom. The van der Waals surface area contributed by atoms with E-state index >= 15 is 0 Å². The highest BCUT2D eigenvalue weighted by Crippen LogP contribution is 2.41. The minimum atomic E-state index is -4.20. The molecule has 1 saturated carbocycles. The second-order valence-electron chi connectivity index (χ2n) is 23.0.